The van der Waals surface area contributed by atoms with Crippen LogP contribution in [0.3, 0.4) is 0 Å². The predicted octanol–water partition coefficient (Wildman–Crippen LogP) is 3.23. The Labute approximate surface area is 228 Å². The number of amidine groups is 1. The molecule has 0 bridgehead atoms. The summed E-state index contributed by atoms with van der Waals surface area (Å²) < 4.78 is 11.7. The number of hydrazine groups is 1. The third-order valence-corrected chi connectivity index (χ3v) is 5.56. The molecular formula is C28H35N7O4. The van der Waals surface area contributed by atoms with Gasteiger partial charge in [-0.2, -0.15) is 0 Å². The van der Waals surface area contributed by atoms with E-state index in [1.807, 2.05) is 20.8 Å². The van der Waals surface area contributed by atoms with E-state index >= 15 is 0 Å². The molecule has 1 atom stereocenters. The van der Waals surface area contributed by atoms with Crippen LogP contribution in [-0.4, -0.2) is 49.4 Å². The van der Waals surface area contributed by atoms with Crippen LogP contribution in [0.25, 0.3) is 0 Å². The molecule has 0 saturated carbocycles. The minimum absolute atomic E-state index is 0.0612. The SMILES string of the molecule is CCOc1cc(C(Nc2ccc(C(=N)N)cc2)C(=O)NNC(=O)c2ccncc2N(C)C)ccc1OC(C)C. The predicted molar refractivity (Wildman–Crippen MR) is 151 cm³/mol. The molecule has 1 unspecified atom stereocenters. The van der Waals surface area contributed by atoms with Gasteiger partial charge in [-0.1, -0.05) is 6.07 Å². The lowest BCUT2D eigenvalue weighted by Gasteiger charge is -2.23. The van der Waals surface area contributed by atoms with Gasteiger partial charge in [0, 0.05) is 31.5 Å². The molecule has 11 nitrogen and oxygen atoms in total. The highest BCUT2D eigenvalue weighted by Crippen LogP contribution is 2.33. The van der Waals surface area contributed by atoms with Gasteiger partial charge < -0.3 is 25.4 Å². The molecule has 0 aliphatic carbocycles. The number of hydrogen-bond acceptors (Lipinski definition) is 8. The zero-order valence-corrected chi connectivity index (χ0v) is 22.7. The number of hydrogen-bond donors (Lipinski definition) is 5. The molecule has 0 saturated heterocycles. The summed E-state index contributed by atoms with van der Waals surface area (Å²) in [5, 5.41) is 10.8. The second kappa shape index (κ2) is 13.1. The average Bonchev–Trinajstić information content (AvgIpc) is 2.91. The number of anilines is 2. The molecule has 6 N–H and O–H groups in total. The molecule has 0 aliphatic rings. The number of carbonyl (C=O) groups is 2. The van der Waals surface area contributed by atoms with Crippen LogP contribution in [0, 0.1) is 5.41 Å². The Bertz CT molecular complexity index is 1310. The first kappa shape index (κ1) is 28.8. The number of ether oxygens (including phenoxy) is 2. The highest BCUT2D eigenvalue weighted by Gasteiger charge is 2.24. The van der Waals surface area contributed by atoms with Gasteiger partial charge in [-0.3, -0.25) is 30.8 Å². The quantitative estimate of drug-likeness (QED) is 0.143. The molecule has 0 fully saturated rings. The van der Waals surface area contributed by atoms with Crippen molar-refractivity contribution in [2.24, 2.45) is 5.73 Å². The first-order valence-corrected chi connectivity index (χ1v) is 12.5. The first-order chi connectivity index (χ1) is 18.6. The van der Waals surface area contributed by atoms with E-state index in [4.69, 9.17) is 20.6 Å². The number of aromatic nitrogens is 1. The number of rotatable bonds is 11. The molecule has 0 spiro atoms. The normalized spacial score (nSPS) is 11.3. The molecule has 3 rings (SSSR count). The minimum Gasteiger partial charge on any atom is -0.490 e. The summed E-state index contributed by atoms with van der Waals surface area (Å²) in [5.74, 6) is -0.0163. The number of carbonyl (C=O) groups excluding carboxylic acids is 2. The van der Waals surface area contributed by atoms with E-state index in [0.717, 1.165) is 0 Å². The van der Waals surface area contributed by atoms with Crippen molar-refractivity contribution in [2.75, 3.05) is 30.9 Å². The maximum atomic E-state index is 13.5. The zero-order valence-electron chi connectivity index (χ0n) is 22.7. The fourth-order valence-electron chi connectivity index (χ4n) is 3.73. The fraction of sp³-hybridized carbons (Fsp3) is 0.286. The van der Waals surface area contributed by atoms with E-state index < -0.39 is 17.9 Å². The Kier molecular flexibility index (Phi) is 9.69. The van der Waals surface area contributed by atoms with Gasteiger partial charge in [0.2, 0.25) is 0 Å². The lowest BCUT2D eigenvalue weighted by atomic mass is 10.0. The molecule has 2 aromatic carbocycles. The van der Waals surface area contributed by atoms with Gasteiger partial charge in [-0.25, -0.2) is 0 Å². The summed E-state index contributed by atoms with van der Waals surface area (Å²) in [7, 11) is 3.60. The Morgan fingerprint density at radius 3 is 2.38 bits per heavy atom. The largest absolute Gasteiger partial charge is 0.490 e. The number of nitrogens with two attached hydrogens (primary N) is 1. The van der Waals surface area contributed by atoms with E-state index in [2.05, 4.69) is 21.2 Å². The third kappa shape index (κ3) is 7.60. The number of nitrogens with one attached hydrogen (secondary N) is 4. The van der Waals surface area contributed by atoms with Crippen LogP contribution >= 0.6 is 0 Å². The minimum atomic E-state index is -0.924. The number of benzene rings is 2. The summed E-state index contributed by atoms with van der Waals surface area (Å²) >= 11 is 0. The molecule has 0 aliphatic heterocycles. The second-order valence-corrected chi connectivity index (χ2v) is 9.10. The summed E-state index contributed by atoms with van der Waals surface area (Å²) in [5.41, 5.74) is 13.3. The Morgan fingerprint density at radius 2 is 1.77 bits per heavy atom. The molecule has 1 aromatic heterocycles. The number of nitrogens with zero attached hydrogens (tertiary/aromatic N) is 2. The van der Waals surface area contributed by atoms with Crippen LogP contribution in [0.5, 0.6) is 11.5 Å². The molecule has 206 valence electrons. The first-order valence-electron chi connectivity index (χ1n) is 12.5. The number of pyridine rings is 1. The highest BCUT2D eigenvalue weighted by atomic mass is 16.5. The van der Waals surface area contributed by atoms with E-state index in [1.165, 1.54) is 6.20 Å². The van der Waals surface area contributed by atoms with E-state index in [1.54, 1.807) is 73.7 Å². The van der Waals surface area contributed by atoms with E-state index in [0.29, 0.717) is 46.2 Å². The van der Waals surface area contributed by atoms with Crippen molar-refractivity contribution in [3.05, 3.63) is 77.6 Å². The summed E-state index contributed by atoms with van der Waals surface area (Å²) in [6, 6.07) is 12.7. The number of nitrogen functional groups attached to an aromatic ring is 1. The van der Waals surface area contributed by atoms with Crippen molar-refractivity contribution in [2.45, 2.75) is 32.9 Å². The summed E-state index contributed by atoms with van der Waals surface area (Å²) in [6.45, 7) is 6.10. The van der Waals surface area contributed by atoms with Crippen molar-refractivity contribution in [1.29, 1.82) is 5.41 Å². The van der Waals surface area contributed by atoms with Crippen molar-refractivity contribution in [3.63, 3.8) is 0 Å². The number of amides is 2. The Balaban J connectivity index is 1.90. The van der Waals surface area contributed by atoms with Crippen LogP contribution in [-0.2, 0) is 4.79 Å². The Hall–Kier alpha value is -4.80. The maximum absolute atomic E-state index is 13.5. The molecule has 3 aromatic rings. The van der Waals surface area contributed by atoms with Gasteiger partial charge >= 0.3 is 0 Å². The Morgan fingerprint density at radius 1 is 1.05 bits per heavy atom. The van der Waals surface area contributed by atoms with E-state index in [-0.39, 0.29) is 11.9 Å². The topological polar surface area (TPSA) is 155 Å². The molecule has 1 heterocycles. The fourth-order valence-corrected chi connectivity index (χ4v) is 3.73. The monoisotopic (exact) mass is 533 g/mol. The van der Waals surface area contributed by atoms with Crippen molar-refractivity contribution >= 4 is 29.0 Å². The molecule has 2 amide bonds. The summed E-state index contributed by atoms with van der Waals surface area (Å²) in [6.07, 6.45) is 3.01. The van der Waals surface area contributed by atoms with Crippen LogP contribution in [0.2, 0.25) is 0 Å². The maximum Gasteiger partial charge on any atom is 0.271 e. The third-order valence-electron chi connectivity index (χ3n) is 5.56. The molecule has 11 heteroatoms. The second-order valence-electron chi connectivity index (χ2n) is 9.10. The van der Waals surface area contributed by atoms with Crippen LogP contribution in [0.15, 0.2) is 60.9 Å². The van der Waals surface area contributed by atoms with Crippen LogP contribution in [0.1, 0.15) is 48.3 Å². The molecular weight excluding hydrogens is 498 g/mol. The summed E-state index contributed by atoms with van der Waals surface area (Å²) in [4.78, 5) is 32.2. The standard InChI is InChI=1S/C28H35N7O4/c1-6-38-24-15-19(9-12-23(24)39-17(2)3)25(32-20-10-7-18(8-11-20)26(29)30)28(37)34-33-27(36)21-13-14-31-16-22(21)35(4)5/h7-17,25,32H,6H2,1-5H3,(H3,29,30)(H,33,36)(H,34,37). The molecule has 0 radical (unpaired) electrons. The van der Waals surface area contributed by atoms with Gasteiger partial charge in [0.15, 0.2) is 11.5 Å². The van der Waals surface area contributed by atoms with E-state index in [9.17, 15) is 9.59 Å². The van der Waals surface area contributed by atoms with Crippen molar-refractivity contribution in [3.8, 4) is 11.5 Å². The lowest BCUT2D eigenvalue weighted by molar-refractivity contribution is -0.122. The highest BCUT2D eigenvalue weighted by molar-refractivity contribution is 6.01. The van der Waals surface area contributed by atoms with Gasteiger partial charge in [-0.05, 0) is 68.8 Å². The smallest absolute Gasteiger partial charge is 0.271 e. The van der Waals surface area contributed by atoms with Gasteiger partial charge in [0.05, 0.1) is 30.2 Å². The van der Waals surface area contributed by atoms with Crippen LogP contribution in [0.4, 0.5) is 11.4 Å². The molecule has 39 heavy (non-hydrogen) atoms. The van der Waals surface area contributed by atoms with Gasteiger partial charge in [0.25, 0.3) is 11.8 Å². The zero-order chi connectivity index (χ0) is 28.5. The van der Waals surface area contributed by atoms with Gasteiger partial charge in [0.1, 0.15) is 11.9 Å². The average molecular weight is 534 g/mol. The van der Waals surface area contributed by atoms with Crippen LogP contribution < -0.4 is 36.3 Å². The van der Waals surface area contributed by atoms with Crippen molar-refractivity contribution in [1.82, 2.24) is 15.8 Å². The van der Waals surface area contributed by atoms with Crippen molar-refractivity contribution < 1.29 is 19.1 Å². The van der Waals surface area contributed by atoms with Gasteiger partial charge in [-0.15, -0.1) is 0 Å². The lowest BCUT2D eigenvalue weighted by Crippen LogP contribution is -2.45.